The monoisotopic (exact) mass is 413 g/mol. The Morgan fingerprint density at radius 2 is 1.73 bits per heavy atom. The molecule has 1 aromatic heterocycles. The summed E-state index contributed by atoms with van der Waals surface area (Å²) in [6.07, 6.45) is 3.12. The Bertz CT molecular complexity index is 988. The molecule has 2 aliphatic rings. The van der Waals surface area contributed by atoms with Gasteiger partial charge in [0, 0.05) is 32.2 Å². The smallest absolute Gasteiger partial charge is 0.286 e. The zero-order valence-electron chi connectivity index (χ0n) is 17.0. The molecule has 10 heteroatoms. The number of rotatable bonds is 5. The third kappa shape index (κ3) is 3.60. The lowest BCUT2D eigenvalue weighted by Gasteiger charge is -2.35. The minimum Gasteiger partial charge on any atom is -0.493 e. The average Bonchev–Trinajstić information content (AvgIpc) is 3.25. The van der Waals surface area contributed by atoms with E-state index in [1.54, 1.807) is 4.90 Å². The molecule has 0 radical (unpaired) electrons. The summed E-state index contributed by atoms with van der Waals surface area (Å²) >= 11 is 0. The number of amides is 1. The van der Waals surface area contributed by atoms with E-state index in [1.165, 1.54) is 31.9 Å². The Labute approximate surface area is 173 Å². The van der Waals surface area contributed by atoms with E-state index in [1.807, 2.05) is 0 Å². The first kappa shape index (κ1) is 19.9. The van der Waals surface area contributed by atoms with Gasteiger partial charge in [-0.15, -0.1) is 5.10 Å². The number of carbonyl (C=O) groups is 1. The Balaban J connectivity index is 1.51. The number of aromatic nitrogens is 2. The van der Waals surface area contributed by atoms with Gasteiger partial charge in [-0.2, -0.15) is 5.10 Å². The predicted molar refractivity (Wildman–Crippen MR) is 108 cm³/mol. The fourth-order valence-electron chi connectivity index (χ4n) is 3.97. The highest BCUT2D eigenvalue weighted by atomic mass is 16.6. The lowest BCUT2D eigenvalue weighted by atomic mass is 10.1. The number of nitrogens with zero attached hydrogens (tertiary/aromatic N) is 5. The number of nitro groups is 1. The van der Waals surface area contributed by atoms with Gasteiger partial charge in [-0.25, -0.2) is 0 Å². The van der Waals surface area contributed by atoms with Crippen LogP contribution in [0.25, 0.3) is 0 Å². The van der Waals surface area contributed by atoms with E-state index in [9.17, 15) is 14.9 Å². The molecule has 2 heterocycles. The van der Waals surface area contributed by atoms with Gasteiger partial charge in [-0.3, -0.25) is 14.9 Å². The van der Waals surface area contributed by atoms with Crippen LogP contribution in [0.2, 0.25) is 0 Å². The number of nitro benzene ring substituents is 1. The number of piperazine rings is 1. The van der Waals surface area contributed by atoms with Crippen molar-refractivity contribution >= 4 is 17.4 Å². The van der Waals surface area contributed by atoms with Crippen molar-refractivity contribution in [2.24, 2.45) is 0 Å². The highest BCUT2D eigenvalue weighted by Gasteiger charge is 2.30. The summed E-state index contributed by atoms with van der Waals surface area (Å²) in [4.78, 5) is 27.7. The predicted octanol–water partition coefficient (Wildman–Crippen LogP) is 1.85. The number of ether oxygens (including phenoxy) is 2. The zero-order valence-corrected chi connectivity index (χ0v) is 17.0. The van der Waals surface area contributed by atoms with E-state index < -0.39 is 10.8 Å². The maximum atomic E-state index is 13.1. The molecule has 0 atom stereocenters. The molecule has 0 unspecified atom stereocenters. The van der Waals surface area contributed by atoms with Crippen molar-refractivity contribution in [2.75, 3.05) is 45.3 Å². The number of carbonyl (C=O) groups excluding carboxylic acids is 1. The molecule has 0 spiro atoms. The SMILES string of the molecule is COc1cc(C(=O)N2CCN(c3cc4c(nn3)CCC4)CC2)c([N+](=O)[O-])cc1OC. The van der Waals surface area contributed by atoms with Gasteiger partial charge in [-0.05, 0) is 30.9 Å². The number of fused-ring (bicyclic) bond motifs is 1. The van der Waals surface area contributed by atoms with Crippen molar-refractivity contribution < 1.29 is 19.2 Å². The van der Waals surface area contributed by atoms with Crippen molar-refractivity contribution in [1.82, 2.24) is 15.1 Å². The molecule has 0 bridgehead atoms. The standard InChI is InChI=1S/C20H23N5O5/c1-29-17-11-14(16(25(27)28)12-18(17)30-2)20(26)24-8-6-23(7-9-24)19-10-13-4-3-5-15(13)21-22-19/h10-12H,3-9H2,1-2H3. The fraction of sp³-hybridized carbons (Fsp3) is 0.450. The molecule has 30 heavy (non-hydrogen) atoms. The minimum atomic E-state index is -0.578. The molecule has 1 aliphatic heterocycles. The van der Waals surface area contributed by atoms with Crippen molar-refractivity contribution in [3.05, 3.63) is 45.1 Å². The van der Waals surface area contributed by atoms with Crippen LogP contribution in [0.5, 0.6) is 11.5 Å². The first-order valence-electron chi connectivity index (χ1n) is 9.82. The molecule has 1 fully saturated rings. The van der Waals surface area contributed by atoms with Crippen molar-refractivity contribution in [3.63, 3.8) is 0 Å². The van der Waals surface area contributed by atoms with Gasteiger partial charge in [0.2, 0.25) is 0 Å². The second kappa shape index (κ2) is 8.13. The molecule has 1 aliphatic carbocycles. The molecular formula is C20H23N5O5. The molecular weight excluding hydrogens is 390 g/mol. The van der Waals surface area contributed by atoms with E-state index >= 15 is 0 Å². The lowest BCUT2D eigenvalue weighted by molar-refractivity contribution is -0.385. The number of hydrogen-bond acceptors (Lipinski definition) is 8. The van der Waals surface area contributed by atoms with Gasteiger partial charge in [0.25, 0.3) is 11.6 Å². The van der Waals surface area contributed by atoms with Gasteiger partial charge in [0.05, 0.1) is 30.9 Å². The number of methoxy groups -OCH3 is 2. The normalized spacial score (nSPS) is 15.7. The van der Waals surface area contributed by atoms with E-state index in [4.69, 9.17) is 9.47 Å². The Kier molecular flexibility index (Phi) is 5.39. The van der Waals surface area contributed by atoms with Crippen LogP contribution in [0.1, 0.15) is 28.0 Å². The van der Waals surface area contributed by atoms with Gasteiger partial charge in [0.1, 0.15) is 5.56 Å². The molecule has 2 aromatic rings. The summed E-state index contributed by atoms with van der Waals surface area (Å²) in [7, 11) is 2.82. The van der Waals surface area contributed by atoms with Gasteiger partial charge >= 0.3 is 0 Å². The van der Waals surface area contributed by atoms with Crippen LogP contribution in [-0.2, 0) is 12.8 Å². The summed E-state index contributed by atoms with van der Waals surface area (Å²) in [6, 6.07) is 4.69. The maximum absolute atomic E-state index is 13.1. The number of anilines is 1. The van der Waals surface area contributed by atoms with Gasteiger partial charge < -0.3 is 19.3 Å². The van der Waals surface area contributed by atoms with E-state index in [0.29, 0.717) is 26.2 Å². The van der Waals surface area contributed by atoms with E-state index in [0.717, 1.165) is 30.8 Å². The second-order valence-corrected chi connectivity index (χ2v) is 7.29. The van der Waals surface area contributed by atoms with Crippen LogP contribution in [0.3, 0.4) is 0 Å². The number of aryl methyl sites for hydroxylation is 2. The van der Waals surface area contributed by atoms with Crippen LogP contribution in [-0.4, -0.2) is 66.3 Å². The first-order chi connectivity index (χ1) is 14.5. The topological polar surface area (TPSA) is 111 Å². The molecule has 0 saturated carbocycles. The van der Waals surface area contributed by atoms with Crippen LogP contribution in [0.15, 0.2) is 18.2 Å². The largest absolute Gasteiger partial charge is 0.493 e. The summed E-state index contributed by atoms with van der Waals surface area (Å²) in [5, 5.41) is 20.2. The van der Waals surface area contributed by atoms with Crippen molar-refractivity contribution in [2.45, 2.75) is 19.3 Å². The lowest BCUT2D eigenvalue weighted by Crippen LogP contribution is -2.49. The molecule has 10 nitrogen and oxygen atoms in total. The maximum Gasteiger partial charge on any atom is 0.286 e. The molecule has 4 rings (SSSR count). The molecule has 158 valence electrons. The average molecular weight is 413 g/mol. The highest BCUT2D eigenvalue weighted by molar-refractivity contribution is 5.99. The van der Waals surface area contributed by atoms with Gasteiger partial charge in [0.15, 0.2) is 17.3 Å². The second-order valence-electron chi connectivity index (χ2n) is 7.29. The summed E-state index contributed by atoms with van der Waals surface area (Å²) in [6.45, 7) is 2.03. The number of hydrogen-bond donors (Lipinski definition) is 0. The summed E-state index contributed by atoms with van der Waals surface area (Å²) in [5.74, 6) is 0.904. The summed E-state index contributed by atoms with van der Waals surface area (Å²) in [5.41, 5.74) is 2.01. The minimum absolute atomic E-state index is 0.0107. The fourth-order valence-corrected chi connectivity index (χ4v) is 3.97. The van der Waals surface area contributed by atoms with E-state index in [-0.39, 0.29) is 22.7 Å². The Hall–Kier alpha value is -3.43. The van der Waals surface area contributed by atoms with Crippen LogP contribution in [0, 0.1) is 10.1 Å². The molecule has 1 amide bonds. The zero-order chi connectivity index (χ0) is 21.3. The summed E-state index contributed by atoms with van der Waals surface area (Å²) < 4.78 is 10.3. The molecule has 0 N–H and O–H groups in total. The van der Waals surface area contributed by atoms with E-state index in [2.05, 4.69) is 21.2 Å². The number of benzene rings is 1. The molecule has 1 aromatic carbocycles. The van der Waals surface area contributed by atoms with Crippen LogP contribution >= 0.6 is 0 Å². The van der Waals surface area contributed by atoms with Crippen LogP contribution in [0.4, 0.5) is 11.5 Å². The quantitative estimate of drug-likeness (QED) is 0.539. The Morgan fingerprint density at radius 1 is 1.03 bits per heavy atom. The first-order valence-corrected chi connectivity index (χ1v) is 9.82. The third-order valence-corrected chi connectivity index (χ3v) is 5.63. The molecule has 1 saturated heterocycles. The van der Waals surface area contributed by atoms with Crippen molar-refractivity contribution in [1.29, 1.82) is 0 Å². The van der Waals surface area contributed by atoms with Crippen LogP contribution < -0.4 is 14.4 Å². The van der Waals surface area contributed by atoms with Crippen molar-refractivity contribution in [3.8, 4) is 11.5 Å². The third-order valence-electron chi connectivity index (χ3n) is 5.63. The van der Waals surface area contributed by atoms with Gasteiger partial charge in [-0.1, -0.05) is 0 Å². The Morgan fingerprint density at radius 3 is 2.40 bits per heavy atom. The highest BCUT2D eigenvalue weighted by Crippen LogP contribution is 2.35.